The van der Waals surface area contributed by atoms with E-state index in [2.05, 4.69) is 20.8 Å². The molecular formula is C36H34N8O4S2. The van der Waals surface area contributed by atoms with Crippen LogP contribution in [0, 0.1) is 11.3 Å². The lowest BCUT2D eigenvalue weighted by Gasteiger charge is -2.18. The number of carbonyl (C=O) groups excluding carboxylic acids is 1. The molecule has 12 nitrogen and oxygen atoms in total. The van der Waals surface area contributed by atoms with Gasteiger partial charge in [-0.05, 0) is 74.2 Å². The number of aromatic hydroxyl groups is 1. The number of para-hydroxylation sites is 1. The van der Waals surface area contributed by atoms with E-state index < -0.39 is 6.03 Å². The van der Waals surface area contributed by atoms with Crippen LogP contribution in [0.1, 0.15) is 30.7 Å². The lowest BCUT2D eigenvalue weighted by Crippen LogP contribution is -2.29. The Morgan fingerprint density at radius 3 is 2.64 bits per heavy atom. The first-order chi connectivity index (χ1) is 24.2. The molecule has 0 unspecified atom stereocenters. The van der Waals surface area contributed by atoms with Crippen LogP contribution in [0.2, 0.25) is 0 Å². The van der Waals surface area contributed by atoms with Crippen LogP contribution in [-0.4, -0.2) is 60.1 Å². The van der Waals surface area contributed by atoms with Crippen LogP contribution in [0.15, 0.2) is 101 Å². The van der Waals surface area contributed by atoms with Crippen molar-refractivity contribution in [1.82, 2.24) is 29.7 Å². The van der Waals surface area contributed by atoms with Gasteiger partial charge in [0.2, 0.25) is 0 Å². The van der Waals surface area contributed by atoms with Gasteiger partial charge in [0.1, 0.15) is 30.0 Å². The highest BCUT2D eigenvalue weighted by Gasteiger charge is 2.25. The maximum Gasteiger partial charge on any atom is 0.320 e. The number of hydrogen-bond acceptors (Lipinski definition) is 10. The normalized spacial score (nSPS) is 11.3. The van der Waals surface area contributed by atoms with Gasteiger partial charge in [0, 0.05) is 28.6 Å². The number of carbonyl (C=O) groups is 1. The second-order valence-corrected chi connectivity index (χ2v) is 14.1. The van der Waals surface area contributed by atoms with Crippen molar-refractivity contribution in [2.75, 3.05) is 24.8 Å². The van der Waals surface area contributed by atoms with E-state index in [1.807, 2.05) is 104 Å². The van der Waals surface area contributed by atoms with E-state index in [4.69, 9.17) is 9.84 Å². The number of aliphatic hydroxyl groups is 1. The number of benzene rings is 3. The highest BCUT2D eigenvalue weighted by molar-refractivity contribution is 7.99. The molecule has 3 heterocycles. The number of aliphatic hydroxyl groups excluding tert-OH is 1. The molecule has 6 rings (SSSR count). The fraction of sp³-hybridized carbons (Fsp3) is 0.194. The molecule has 0 saturated heterocycles. The van der Waals surface area contributed by atoms with Crippen molar-refractivity contribution in [1.29, 1.82) is 5.26 Å². The third kappa shape index (κ3) is 7.40. The van der Waals surface area contributed by atoms with Crippen molar-refractivity contribution in [3.63, 3.8) is 0 Å². The van der Waals surface area contributed by atoms with Gasteiger partial charge in [-0.25, -0.2) is 9.48 Å². The number of pyridine rings is 1. The first-order valence-corrected chi connectivity index (χ1v) is 17.6. The van der Waals surface area contributed by atoms with Gasteiger partial charge in [-0.15, -0.1) is 10.2 Å². The molecule has 0 atom stereocenters. The summed E-state index contributed by atoms with van der Waals surface area (Å²) in [5.74, 6) is 1.50. The quantitative estimate of drug-likeness (QED) is 0.109. The van der Waals surface area contributed by atoms with Crippen molar-refractivity contribution < 1.29 is 19.7 Å². The summed E-state index contributed by atoms with van der Waals surface area (Å²) in [6, 6.07) is 27.2. The van der Waals surface area contributed by atoms with E-state index >= 15 is 0 Å². The topological polar surface area (TPSA) is 163 Å². The molecule has 4 N–H and O–H groups in total. The number of fused-ring (bicyclic) bond motifs is 1. The molecule has 3 aromatic carbocycles. The molecule has 0 fully saturated rings. The van der Waals surface area contributed by atoms with E-state index in [0.717, 1.165) is 26.6 Å². The smallest absolute Gasteiger partial charge is 0.320 e. The molecule has 14 heteroatoms. The van der Waals surface area contributed by atoms with Crippen LogP contribution in [0.5, 0.6) is 11.5 Å². The average Bonchev–Trinajstić information content (AvgIpc) is 3.75. The van der Waals surface area contributed by atoms with Crippen molar-refractivity contribution in [2.24, 2.45) is 0 Å². The Morgan fingerprint density at radius 2 is 1.84 bits per heavy atom. The predicted molar refractivity (Wildman–Crippen MR) is 194 cm³/mol. The van der Waals surface area contributed by atoms with Crippen LogP contribution >= 0.6 is 23.5 Å². The van der Waals surface area contributed by atoms with Crippen molar-refractivity contribution in [2.45, 2.75) is 34.9 Å². The second-order valence-electron chi connectivity index (χ2n) is 11.6. The van der Waals surface area contributed by atoms with Gasteiger partial charge in [-0.3, -0.25) is 9.72 Å². The SMILES string of the molecule is CSC(C)(C)c1cc(NC(=O)NCc2ccccc2Sc2ccc3nnc(-c4ccccc4OCCO)n3c2)n(-c2ccc(O)c(C#N)c2)n1. The van der Waals surface area contributed by atoms with Gasteiger partial charge in [0.25, 0.3) is 0 Å². The number of nitrogens with one attached hydrogen (secondary N) is 2. The zero-order valence-electron chi connectivity index (χ0n) is 27.5. The minimum Gasteiger partial charge on any atom is -0.507 e. The zero-order chi connectivity index (χ0) is 35.3. The van der Waals surface area contributed by atoms with E-state index in [1.165, 1.54) is 12.1 Å². The largest absolute Gasteiger partial charge is 0.507 e. The Balaban J connectivity index is 1.21. The molecule has 254 valence electrons. The number of anilines is 1. The number of urea groups is 1. The summed E-state index contributed by atoms with van der Waals surface area (Å²) < 4.78 is 8.86. The summed E-state index contributed by atoms with van der Waals surface area (Å²) in [7, 11) is 0. The third-order valence-electron chi connectivity index (χ3n) is 7.92. The molecule has 0 radical (unpaired) electrons. The van der Waals surface area contributed by atoms with E-state index in [9.17, 15) is 20.3 Å². The summed E-state index contributed by atoms with van der Waals surface area (Å²) in [6.45, 7) is 4.39. The summed E-state index contributed by atoms with van der Waals surface area (Å²) in [5, 5.41) is 48.1. The van der Waals surface area contributed by atoms with Crippen LogP contribution in [0.25, 0.3) is 22.7 Å². The predicted octanol–water partition coefficient (Wildman–Crippen LogP) is 6.60. The minimum atomic E-state index is -0.434. The average molecular weight is 707 g/mol. The fourth-order valence-corrected chi connectivity index (χ4v) is 6.35. The Hall–Kier alpha value is -5.49. The van der Waals surface area contributed by atoms with E-state index in [-0.39, 0.29) is 35.8 Å². The molecule has 3 aromatic heterocycles. The highest BCUT2D eigenvalue weighted by atomic mass is 32.2. The van der Waals surface area contributed by atoms with Crippen LogP contribution in [0.4, 0.5) is 10.6 Å². The van der Waals surface area contributed by atoms with Crippen molar-refractivity contribution in [3.8, 4) is 34.6 Å². The molecule has 0 aliphatic carbocycles. The molecule has 0 aliphatic rings. The Labute approximate surface area is 297 Å². The van der Waals surface area contributed by atoms with Crippen molar-refractivity contribution >= 4 is 41.0 Å². The number of nitriles is 1. The second kappa shape index (κ2) is 15.0. The van der Waals surface area contributed by atoms with Crippen LogP contribution in [-0.2, 0) is 11.3 Å². The Kier molecular flexibility index (Phi) is 10.3. The monoisotopic (exact) mass is 706 g/mol. The number of amides is 2. The molecule has 2 amide bonds. The molecule has 0 saturated carbocycles. The molecule has 0 aliphatic heterocycles. The number of phenols is 1. The van der Waals surface area contributed by atoms with Crippen molar-refractivity contribution in [3.05, 3.63) is 108 Å². The standard InChI is InChI=1S/C36H34N8O4S2/c1-36(2,49-3)31-19-33(44(42-31)25-12-14-28(46)24(18-25)20-37)39-35(47)38-21-23-8-4-7-11-30(23)50-26-13-15-32-40-41-34(43(32)22-26)27-9-5-6-10-29(27)48-17-16-45/h4-15,18-19,22,45-46H,16-17,21H2,1-3H3,(H2,38,39,47). The lowest BCUT2D eigenvalue weighted by molar-refractivity contribution is 0.202. The third-order valence-corrected chi connectivity index (χ3v) is 10.2. The van der Waals surface area contributed by atoms with Gasteiger partial charge in [-0.2, -0.15) is 22.1 Å². The number of rotatable bonds is 12. The molecular weight excluding hydrogens is 673 g/mol. The van der Waals surface area contributed by atoms with Gasteiger partial charge in [-0.1, -0.05) is 42.1 Å². The van der Waals surface area contributed by atoms with E-state index in [0.29, 0.717) is 28.7 Å². The van der Waals surface area contributed by atoms with Gasteiger partial charge < -0.3 is 20.3 Å². The zero-order valence-corrected chi connectivity index (χ0v) is 29.1. The number of hydrogen-bond donors (Lipinski definition) is 4. The van der Waals surface area contributed by atoms with Crippen LogP contribution in [0.3, 0.4) is 0 Å². The summed E-state index contributed by atoms with van der Waals surface area (Å²) >= 11 is 3.17. The molecule has 0 spiro atoms. The molecule has 0 bridgehead atoms. The first kappa shape index (κ1) is 34.4. The van der Waals surface area contributed by atoms with Gasteiger partial charge in [0.15, 0.2) is 11.5 Å². The molecule has 6 aromatic rings. The van der Waals surface area contributed by atoms with Crippen LogP contribution < -0.4 is 15.4 Å². The summed E-state index contributed by atoms with van der Waals surface area (Å²) in [6.07, 6.45) is 3.95. The Bertz CT molecular complexity index is 2210. The number of thioether (sulfide) groups is 1. The first-order valence-electron chi connectivity index (χ1n) is 15.6. The number of nitrogens with zero attached hydrogens (tertiary/aromatic N) is 6. The molecule has 50 heavy (non-hydrogen) atoms. The highest BCUT2D eigenvalue weighted by Crippen LogP contribution is 2.36. The summed E-state index contributed by atoms with van der Waals surface area (Å²) in [5.41, 5.74) is 3.70. The maximum atomic E-state index is 13.3. The Morgan fingerprint density at radius 1 is 1.04 bits per heavy atom. The maximum absolute atomic E-state index is 13.3. The summed E-state index contributed by atoms with van der Waals surface area (Å²) in [4.78, 5) is 15.2. The fourth-order valence-electron chi connectivity index (χ4n) is 5.07. The van der Waals surface area contributed by atoms with E-state index in [1.54, 1.807) is 34.3 Å². The number of ether oxygens (including phenoxy) is 1. The minimum absolute atomic E-state index is 0.0995. The number of aromatic nitrogens is 5. The number of phenolic OH excluding ortho intramolecular Hbond substituents is 1. The lowest BCUT2D eigenvalue weighted by atomic mass is 10.1. The van der Waals surface area contributed by atoms with Gasteiger partial charge in [0.05, 0.1) is 33.9 Å². The van der Waals surface area contributed by atoms with Gasteiger partial charge >= 0.3 is 6.03 Å².